The quantitative estimate of drug-likeness (QED) is 0.586. The number of nitrogens with zero attached hydrogens (tertiary/aromatic N) is 1. The van der Waals surface area contributed by atoms with Crippen LogP contribution >= 0.6 is 0 Å². The van der Waals surface area contributed by atoms with E-state index in [1.54, 1.807) is 0 Å². The third-order valence-electron chi connectivity index (χ3n) is 3.57. The van der Waals surface area contributed by atoms with E-state index in [-0.39, 0.29) is 0 Å². The topological polar surface area (TPSA) is 3.24 Å². The maximum atomic E-state index is 2.42. The zero-order valence-corrected chi connectivity index (χ0v) is 10.2. The Balaban J connectivity index is 3.61. The van der Waals surface area contributed by atoms with Gasteiger partial charge >= 0.3 is 0 Å². The Morgan fingerprint density at radius 2 is 1.62 bits per heavy atom. The minimum Gasteiger partial charge on any atom is -0.307 e. The first kappa shape index (κ1) is 13.0. The molecule has 13 heavy (non-hydrogen) atoms. The molecule has 0 aliphatic rings. The largest absolute Gasteiger partial charge is 0.307 e. The summed E-state index contributed by atoms with van der Waals surface area (Å²) in [5, 5.41) is 0. The standard InChI is InChI=1S/C12H27N/c1-6-12(4,7-2)10-9-11-13(5)8-3/h6-11H2,1-5H3. The maximum absolute atomic E-state index is 2.42. The molecule has 0 aliphatic heterocycles. The van der Waals surface area contributed by atoms with Crippen LogP contribution in [0.2, 0.25) is 0 Å². The van der Waals surface area contributed by atoms with Gasteiger partial charge in [0.15, 0.2) is 0 Å². The minimum atomic E-state index is 0.592. The van der Waals surface area contributed by atoms with Crippen LogP contribution in [0.5, 0.6) is 0 Å². The first-order chi connectivity index (χ1) is 6.08. The lowest BCUT2D eigenvalue weighted by Gasteiger charge is -2.27. The molecule has 0 spiro atoms. The van der Waals surface area contributed by atoms with Crippen molar-refractivity contribution in [3.05, 3.63) is 0 Å². The van der Waals surface area contributed by atoms with E-state index in [4.69, 9.17) is 0 Å². The van der Waals surface area contributed by atoms with Gasteiger partial charge in [0, 0.05) is 0 Å². The molecule has 0 saturated carbocycles. The van der Waals surface area contributed by atoms with E-state index in [1.165, 1.54) is 38.8 Å². The van der Waals surface area contributed by atoms with Crippen LogP contribution in [0, 0.1) is 5.41 Å². The normalized spacial score (nSPS) is 12.5. The fourth-order valence-electron chi connectivity index (χ4n) is 1.54. The van der Waals surface area contributed by atoms with Gasteiger partial charge in [0.1, 0.15) is 0 Å². The molecule has 0 radical (unpaired) electrons. The summed E-state index contributed by atoms with van der Waals surface area (Å²) >= 11 is 0. The molecule has 0 fully saturated rings. The monoisotopic (exact) mass is 185 g/mol. The highest BCUT2D eigenvalue weighted by Gasteiger charge is 2.18. The van der Waals surface area contributed by atoms with Crippen LogP contribution in [0.3, 0.4) is 0 Å². The Hall–Kier alpha value is -0.0400. The summed E-state index contributed by atoms with van der Waals surface area (Å²) in [6.45, 7) is 11.7. The van der Waals surface area contributed by atoms with E-state index >= 15 is 0 Å². The van der Waals surface area contributed by atoms with Gasteiger partial charge in [0.2, 0.25) is 0 Å². The highest BCUT2D eigenvalue weighted by atomic mass is 15.1. The van der Waals surface area contributed by atoms with Crippen molar-refractivity contribution in [1.82, 2.24) is 4.90 Å². The fourth-order valence-corrected chi connectivity index (χ4v) is 1.54. The number of hydrogen-bond donors (Lipinski definition) is 0. The fraction of sp³-hybridized carbons (Fsp3) is 1.00. The van der Waals surface area contributed by atoms with Crippen LogP contribution in [0.25, 0.3) is 0 Å². The van der Waals surface area contributed by atoms with Crippen molar-refractivity contribution in [2.45, 2.75) is 53.4 Å². The molecule has 0 amide bonds. The van der Waals surface area contributed by atoms with Gasteiger partial charge in [-0.2, -0.15) is 0 Å². The Morgan fingerprint density at radius 1 is 1.08 bits per heavy atom. The molecule has 0 N–H and O–H groups in total. The van der Waals surface area contributed by atoms with E-state index < -0.39 is 0 Å². The summed E-state index contributed by atoms with van der Waals surface area (Å²) in [4.78, 5) is 2.39. The first-order valence-electron chi connectivity index (χ1n) is 5.76. The maximum Gasteiger partial charge on any atom is -0.00217 e. The molecular weight excluding hydrogens is 158 g/mol. The van der Waals surface area contributed by atoms with Crippen LogP contribution in [0.4, 0.5) is 0 Å². The second-order valence-corrected chi connectivity index (χ2v) is 4.52. The summed E-state index contributed by atoms with van der Waals surface area (Å²) in [6.07, 6.45) is 5.37. The smallest absolute Gasteiger partial charge is 0.00217 e. The highest BCUT2D eigenvalue weighted by Crippen LogP contribution is 2.30. The Kier molecular flexibility index (Phi) is 6.40. The number of rotatable bonds is 7. The van der Waals surface area contributed by atoms with E-state index in [0.717, 1.165) is 0 Å². The summed E-state index contributed by atoms with van der Waals surface area (Å²) < 4.78 is 0. The average Bonchev–Trinajstić information content (AvgIpc) is 2.17. The molecule has 0 aromatic rings. The molecule has 0 unspecified atom stereocenters. The van der Waals surface area contributed by atoms with Crippen molar-refractivity contribution in [3.8, 4) is 0 Å². The molecule has 0 rings (SSSR count). The van der Waals surface area contributed by atoms with Crippen LogP contribution in [-0.4, -0.2) is 25.0 Å². The molecule has 0 atom stereocenters. The summed E-state index contributed by atoms with van der Waals surface area (Å²) in [5.74, 6) is 0. The van der Waals surface area contributed by atoms with Crippen molar-refractivity contribution in [1.29, 1.82) is 0 Å². The van der Waals surface area contributed by atoms with Crippen LogP contribution in [0.1, 0.15) is 53.4 Å². The van der Waals surface area contributed by atoms with Crippen molar-refractivity contribution in [2.24, 2.45) is 5.41 Å². The van der Waals surface area contributed by atoms with E-state index in [0.29, 0.717) is 5.41 Å². The predicted octanol–water partition coefficient (Wildman–Crippen LogP) is 3.54. The molecular formula is C12H27N. The molecule has 1 nitrogen and oxygen atoms in total. The van der Waals surface area contributed by atoms with Crippen molar-refractivity contribution in [3.63, 3.8) is 0 Å². The zero-order valence-electron chi connectivity index (χ0n) is 10.2. The van der Waals surface area contributed by atoms with Gasteiger partial charge in [-0.15, -0.1) is 0 Å². The van der Waals surface area contributed by atoms with Gasteiger partial charge in [0.25, 0.3) is 0 Å². The molecule has 1 heteroatoms. The zero-order chi connectivity index (χ0) is 10.3. The lowest BCUT2D eigenvalue weighted by molar-refractivity contribution is 0.241. The summed E-state index contributed by atoms with van der Waals surface area (Å²) in [7, 11) is 2.20. The average molecular weight is 185 g/mol. The molecule has 0 aromatic carbocycles. The van der Waals surface area contributed by atoms with Gasteiger partial charge in [-0.05, 0) is 38.4 Å². The highest BCUT2D eigenvalue weighted by molar-refractivity contribution is 4.71. The van der Waals surface area contributed by atoms with Gasteiger partial charge in [-0.25, -0.2) is 0 Å². The van der Waals surface area contributed by atoms with Gasteiger partial charge in [-0.3, -0.25) is 0 Å². The SMILES string of the molecule is CCN(C)CCCC(C)(CC)CC. The van der Waals surface area contributed by atoms with Gasteiger partial charge in [-0.1, -0.05) is 40.5 Å². The third kappa shape index (κ3) is 5.30. The van der Waals surface area contributed by atoms with Gasteiger partial charge in [0.05, 0.1) is 0 Å². The van der Waals surface area contributed by atoms with E-state index in [9.17, 15) is 0 Å². The van der Waals surface area contributed by atoms with Crippen molar-refractivity contribution in [2.75, 3.05) is 20.1 Å². The summed E-state index contributed by atoms with van der Waals surface area (Å²) in [5.41, 5.74) is 0.592. The molecule has 0 aliphatic carbocycles. The van der Waals surface area contributed by atoms with E-state index in [1.807, 2.05) is 0 Å². The second-order valence-electron chi connectivity index (χ2n) is 4.52. The van der Waals surface area contributed by atoms with Crippen LogP contribution < -0.4 is 0 Å². The van der Waals surface area contributed by atoms with Crippen LogP contribution in [-0.2, 0) is 0 Å². The Labute approximate surface area is 84.5 Å². The Morgan fingerprint density at radius 3 is 2.00 bits per heavy atom. The Bertz CT molecular complexity index is 116. The minimum absolute atomic E-state index is 0.592. The van der Waals surface area contributed by atoms with Crippen LogP contribution in [0.15, 0.2) is 0 Å². The molecule has 80 valence electrons. The molecule has 0 aromatic heterocycles. The molecule has 0 bridgehead atoms. The van der Waals surface area contributed by atoms with Crippen molar-refractivity contribution < 1.29 is 0 Å². The third-order valence-corrected chi connectivity index (χ3v) is 3.57. The van der Waals surface area contributed by atoms with Crippen molar-refractivity contribution >= 4 is 0 Å². The second kappa shape index (κ2) is 6.42. The van der Waals surface area contributed by atoms with Gasteiger partial charge < -0.3 is 4.90 Å². The number of hydrogen-bond acceptors (Lipinski definition) is 1. The molecule has 0 saturated heterocycles. The first-order valence-corrected chi connectivity index (χ1v) is 5.76. The molecule has 0 heterocycles. The van der Waals surface area contributed by atoms with E-state index in [2.05, 4.69) is 39.6 Å². The lowest BCUT2D eigenvalue weighted by atomic mass is 9.80. The predicted molar refractivity (Wildman–Crippen MR) is 61.1 cm³/mol. The lowest BCUT2D eigenvalue weighted by Crippen LogP contribution is -2.21. The summed E-state index contributed by atoms with van der Waals surface area (Å²) in [6, 6.07) is 0.